The minimum absolute atomic E-state index is 0.0116. The summed E-state index contributed by atoms with van der Waals surface area (Å²) in [6, 6.07) is 7.69. The number of ether oxygens (including phenoxy) is 1. The number of amides is 1. The number of carbonyl (C=O) groups excluding carboxylic acids is 2. The van der Waals surface area contributed by atoms with Crippen molar-refractivity contribution in [1.82, 2.24) is 34.4 Å². The number of nitrogens with one attached hydrogen (secondary N) is 1. The zero-order valence-corrected chi connectivity index (χ0v) is 21.4. The molecule has 10 heteroatoms. The lowest BCUT2D eigenvalue weighted by Gasteiger charge is -2.31. The van der Waals surface area contributed by atoms with Gasteiger partial charge >= 0.3 is 0 Å². The number of rotatable bonds is 4. The number of para-hydroxylation sites is 2. The maximum atomic E-state index is 12.9. The van der Waals surface area contributed by atoms with Crippen molar-refractivity contribution in [1.29, 1.82) is 0 Å². The summed E-state index contributed by atoms with van der Waals surface area (Å²) in [5.41, 5.74) is 3.80. The Hall–Kier alpha value is -4.34. The first-order valence-electron chi connectivity index (χ1n) is 13.0. The maximum Gasteiger partial charge on any atom is 0.289 e. The lowest BCUT2D eigenvalue weighted by Crippen LogP contribution is -2.42. The largest absolute Gasteiger partial charge is 0.473 e. The summed E-state index contributed by atoms with van der Waals surface area (Å²) in [6.07, 6.45) is 16.4. The molecule has 38 heavy (non-hydrogen) atoms. The number of aromatic amines is 1. The number of H-pyrrole nitrogens is 1. The molecule has 1 amide bonds. The van der Waals surface area contributed by atoms with E-state index in [0.29, 0.717) is 24.8 Å². The second-order valence-corrected chi connectivity index (χ2v) is 9.39. The Morgan fingerprint density at radius 3 is 2.55 bits per heavy atom. The highest BCUT2D eigenvalue weighted by molar-refractivity contribution is 5.94. The van der Waals surface area contributed by atoms with Gasteiger partial charge in [0, 0.05) is 57.6 Å². The van der Waals surface area contributed by atoms with Crippen molar-refractivity contribution in [2.45, 2.75) is 51.6 Å². The molecule has 1 fully saturated rings. The number of likely N-dealkylation sites (tertiary alicyclic amines) is 1. The van der Waals surface area contributed by atoms with Crippen LogP contribution in [0, 0.1) is 0 Å². The number of aromatic nitrogens is 6. The monoisotopic (exact) mass is 513 g/mol. The Morgan fingerprint density at radius 2 is 1.87 bits per heavy atom. The molecule has 0 unspecified atom stereocenters. The predicted molar refractivity (Wildman–Crippen MR) is 143 cm³/mol. The third kappa shape index (κ3) is 5.96. The van der Waals surface area contributed by atoms with Gasteiger partial charge in [-0.15, -0.1) is 0 Å². The van der Waals surface area contributed by atoms with E-state index in [4.69, 9.17) is 4.74 Å². The number of imidazole rings is 2. The molecule has 2 aliphatic rings. The van der Waals surface area contributed by atoms with Crippen LogP contribution in [0.4, 0.5) is 0 Å². The predicted octanol–water partition coefficient (Wildman–Crippen LogP) is 4.54. The van der Waals surface area contributed by atoms with Crippen molar-refractivity contribution >= 4 is 28.4 Å². The molecule has 0 bridgehead atoms. The van der Waals surface area contributed by atoms with E-state index in [1.54, 1.807) is 24.8 Å². The van der Waals surface area contributed by atoms with Crippen molar-refractivity contribution in [3.8, 4) is 5.88 Å². The second-order valence-electron chi connectivity index (χ2n) is 9.39. The lowest BCUT2D eigenvalue weighted by molar-refractivity contribution is 0.0576. The molecule has 1 aromatic carbocycles. The van der Waals surface area contributed by atoms with E-state index >= 15 is 0 Å². The standard InChI is InChI=1S/C23H25N5O2.C5H6N2O/c29-23(21-26-18-8-4-5-9-19(18)27-21)28-14-10-17(11-15-28)30-22-20(24-12-13-25-22)16-6-2-1-3-7-16;1-5(8)7-3-2-6-4-7/h4-6,8-9,12-13,17H,1-3,7,10-11,14-15H2,(H,26,27);2-4H,1H3. The summed E-state index contributed by atoms with van der Waals surface area (Å²) in [6.45, 7) is 2.76. The fraction of sp³-hybridized carbons (Fsp3) is 0.357. The van der Waals surface area contributed by atoms with Gasteiger partial charge in [0.15, 0.2) is 5.82 Å². The van der Waals surface area contributed by atoms with Gasteiger partial charge in [-0.05, 0) is 43.4 Å². The number of allylic oxidation sites excluding steroid dienone is 2. The number of hydrogen-bond donors (Lipinski definition) is 1. The second kappa shape index (κ2) is 11.8. The Kier molecular flexibility index (Phi) is 7.86. The van der Waals surface area contributed by atoms with Crippen molar-refractivity contribution in [2.24, 2.45) is 0 Å². The molecular formula is C28H31N7O3. The van der Waals surface area contributed by atoms with Crippen molar-refractivity contribution in [3.63, 3.8) is 0 Å². The summed E-state index contributed by atoms with van der Waals surface area (Å²) < 4.78 is 7.66. The fourth-order valence-corrected chi connectivity index (χ4v) is 4.67. The average molecular weight is 514 g/mol. The van der Waals surface area contributed by atoms with Crippen LogP contribution in [0.2, 0.25) is 0 Å². The SMILES string of the molecule is CC(=O)n1ccnc1.O=C(c1nc2ccccc2[nH]1)N1CCC(Oc2nccnc2C2=CCCCC2)CC1. The lowest BCUT2D eigenvalue weighted by atomic mass is 9.97. The number of fused-ring (bicyclic) bond motifs is 1. The van der Waals surface area contributed by atoms with Crippen molar-refractivity contribution in [2.75, 3.05) is 13.1 Å². The molecule has 1 aliphatic carbocycles. The van der Waals surface area contributed by atoms with E-state index in [9.17, 15) is 9.59 Å². The van der Waals surface area contributed by atoms with E-state index in [-0.39, 0.29) is 17.9 Å². The summed E-state index contributed by atoms with van der Waals surface area (Å²) in [5, 5.41) is 0. The van der Waals surface area contributed by atoms with Crippen LogP contribution in [-0.4, -0.2) is 65.4 Å². The van der Waals surface area contributed by atoms with Gasteiger partial charge in [-0.3, -0.25) is 14.2 Å². The van der Waals surface area contributed by atoms with Crippen LogP contribution in [0.1, 0.15) is 66.6 Å². The first-order valence-corrected chi connectivity index (χ1v) is 13.0. The number of carbonyl (C=O) groups is 2. The summed E-state index contributed by atoms with van der Waals surface area (Å²) in [4.78, 5) is 45.4. The minimum atomic E-state index is -0.0581. The highest BCUT2D eigenvalue weighted by Gasteiger charge is 2.27. The quantitative estimate of drug-likeness (QED) is 0.426. The Balaban J connectivity index is 0.000000316. The van der Waals surface area contributed by atoms with Gasteiger partial charge in [0.2, 0.25) is 11.8 Å². The Labute approximate surface area is 220 Å². The Bertz CT molecular complexity index is 1390. The van der Waals surface area contributed by atoms with Gasteiger partial charge in [0.25, 0.3) is 5.91 Å². The van der Waals surface area contributed by atoms with Crippen LogP contribution >= 0.6 is 0 Å². The molecule has 0 saturated carbocycles. The van der Waals surface area contributed by atoms with E-state index in [1.165, 1.54) is 36.2 Å². The highest BCUT2D eigenvalue weighted by atomic mass is 16.5. The van der Waals surface area contributed by atoms with Crippen LogP contribution < -0.4 is 4.74 Å². The molecule has 4 aromatic rings. The zero-order chi connectivity index (χ0) is 26.3. The van der Waals surface area contributed by atoms with Gasteiger partial charge < -0.3 is 14.6 Å². The van der Waals surface area contributed by atoms with Crippen molar-refractivity contribution < 1.29 is 14.3 Å². The summed E-state index contributed by atoms with van der Waals surface area (Å²) >= 11 is 0. The minimum Gasteiger partial charge on any atom is -0.473 e. The number of benzene rings is 1. The molecule has 0 radical (unpaired) electrons. The van der Waals surface area contributed by atoms with E-state index in [2.05, 4.69) is 31.0 Å². The molecule has 196 valence electrons. The van der Waals surface area contributed by atoms with E-state index in [0.717, 1.165) is 42.4 Å². The third-order valence-electron chi connectivity index (χ3n) is 6.73. The molecule has 0 spiro atoms. The topological polar surface area (TPSA) is 119 Å². The van der Waals surface area contributed by atoms with Gasteiger partial charge in [0.05, 0.1) is 11.0 Å². The van der Waals surface area contributed by atoms with Gasteiger partial charge in [-0.25, -0.2) is 19.9 Å². The molecule has 4 heterocycles. The summed E-state index contributed by atoms with van der Waals surface area (Å²) in [5.74, 6) is 0.948. The van der Waals surface area contributed by atoms with Gasteiger partial charge in [0.1, 0.15) is 18.1 Å². The van der Waals surface area contributed by atoms with Crippen molar-refractivity contribution in [3.05, 3.63) is 73.0 Å². The number of piperidine rings is 1. The summed E-state index contributed by atoms with van der Waals surface area (Å²) in [7, 11) is 0. The van der Waals surface area contributed by atoms with E-state index in [1.807, 2.05) is 29.2 Å². The average Bonchev–Trinajstić information content (AvgIpc) is 3.65. The van der Waals surface area contributed by atoms with Crippen LogP contribution in [0.15, 0.2) is 61.5 Å². The number of hydrogen-bond acceptors (Lipinski definition) is 7. The highest BCUT2D eigenvalue weighted by Crippen LogP contribution is 2.31. The molecule has 3 aromatic heterocycles. The van der Waals surface area contributed by atoms with Crippen LogP contribution in [-0.2, 0) is 0 Å². The zero-order valence-electron chi connectivity index (χ0n) is 21.4. The van der Waals surface area contributed by atoms with Gasteiger partial charge in [-0.2, -0.15) is 0 Å². The number of nitrogens with zero attached hydrogens (tertiary/aromatic N) is 6. The maximum absolute atomic E-state index is 12.9. The van der Waals surface area contributed by atoms with Gasteiger partial charge in [-0.1, -0.05) is 18.2 Å². The molecule has 0 atom stereocenters. The molecule has 1 N–H and O–H groups in total. The molecule has 10 nitrogen and oxygen atoms in total. The molecular weight excluding hydrogens is 482 g/mol. The van der Waals surface area contributed by atoms with E-state index < -0.39 is 0 Å². The molecule has 1 aliphatic heterocycles. The van der Waals surface area contributed by atoms with Crippen LogP contribution in [0.5, 0.6) is 5.88 Å². The third-order valence-corrected chi connectivity index (χ3v) is 6.73. The van der Waals surface area contributed by atoms with Crippen LogP contribution in [0.25, 0.3) is 16.6 Å². The normalized spacial score (nSPS) is 15.9. The molecule has 1 saturated heterocycles. The fourth-order valence-electron chi connectivity index (χ4n) is 4.67. The first-order chi connectivity index (χ1) is 18.6. The molecule has 6 rings (SSSR count). The Morgan fingerprint density at radius 1 is 1.05 bits per heavy atom. The first kappa shape index (κ1) is 25.3. The smallest absolute Gasteiger partial charge is 0.289 e. The van der Waals surface area contributed by atoms with Crippen LogP contribution in [0.3, 0.4) is 0 Å².